The van der Waals surface area contributed by atoms with Crippen molar-refractivity contribution in [2.24, 2.45) is 4.99 Å². The van der Waals surface area contributed by atoms with Crippen LogP contribution in [0.25, 0.3) is 0 Å². The normalized spacial score (nSPS) is 15.8. The average molecular weight is 365 g/mol. The van der Waals surface area contributed by atoms with Crippen molar-refractivity contribution in [1.29, 1.82) is 0 Å². The third kappa shape index (κ3) is 3.30. The average Bonchev–Trinajstić information content (AvgIpc) is 2.91. The Balaban J connectivity index is 2.11. The zero-order chi connectivity index (χ0) is 17.3. The molecule has 0 aliphatic heterocycles. The molecule has 5 nitrogen and oxygen atoms in total. The topological polar surface area (TPSA) is 71.7 Å². The van der Waals surface area contributed by atoms with Gasteiger partial charge in [-0.1, -0.05) is 17.7 Å². The summed E-state index contributed by atoms with van der Waals surface area (Å²) in [4.78, 5) is 29.7. The third-order valence-electron chi connectivity index (χ3n) is 4.11. The van der Waals surface area contributed by atoms with Gasteiger partial charge >= 0.3 is 5.97 Å². The molecule has 2 aromatic rings. The van der Waals surface area contributed by atoms with E-state index in [4.69, 9.17) is 11.6 Å². The fraction of sp³-hybridized carbons (Fsp3) is 0.353. The molecule has 0 bridgehead atoms. The number of benzene rings is 1. The number of carboxylic acids is 1. The number of carbonyl (C=O) groups excluding carboxylic acids is 1. The molecule has 0 fully saturated rings. The van der Waals surface area contributed by atoms with E-state index in [9.17, 15) is 14.7 Å². The van der Waals surface area contributed by atoms with E-state index in [1.165, 1.54) is 11.3 Å². The van der Waals surface area contributed by atoms with Crippen molar-refractivity contribution in [2.75, 3.05) is 0 Å². The Labute approximate surface area is 148 Å². The molecule has 1 atom stereocenters. The summed E-state index contributed by atoms with van der Waals surface area (Å²) < 4.78 is 1.70. The van der Waals surface area contributed by atoms with Crippen molar-refractivity contribution in [3.05, 3.63) is 50.2 Å². The third-order valence-corrected chi connectivity index (χ3v) is 5.51. The van der Waals surface area contributed by atoms with E-state index in [2.05, 4.69) is 4.99 Å². The van der Waals surface area contributed by atoms with Crippen molar-refractivity contribution < 1.29 is 14.7 Å². The zero-order valence-corrected chi connectivity index (χ0v) is 14.7. The second kappa shape index (κ2) is 6.91. The van der Waals surface area contributed by atoms with E-state index in [0.29, 0.717) is 15.4 Å². The zero-order valence-electron chi connectivity index (χ0n) is 13.2. The lowest BCUT2D eigenvalue weighted by Gasteiger charge is -2.17. The van der Waals surface area contributed by atoms with Crippen molar-refractivity contribution in [3.63, 3.8) is 0 Å². The van der Waals surface area contributed by atoms with Gasteiger partial charge in [-0.3, -0.25) is 4.79 Å². The maximum Gasteiger partial charge on any atom is 0.326 e. The Bertz CT molecular complexity index is 869. The minimum Gasteiger partial charge on any atom is -0.480 e. The summed E-state index contributed by atoms with van der Waals surface area (Å²) >= 11 is 7.34. The first kappa shape index (κ1) is 16.9. The fourth-order valence-electron chi connectivity index (χ4n) is 2.86. The molecule has 0 spiro atoms. The predicted octanol–water partition coefficient (Wildman–Crippen LogP) is 3.47. The molecule has 3 rings (SSSR count). The number of aliphatic carboxylic acids is 1. The van der Waals surface area contributed by atoms with Crippen molar-refractivity contribution in [1.82, 2.24) is 4.57 Å². The molecule has 24 heavy (non-hydrogen) atoms. The minimum absolute atomic E-state index is 0.392. The molecular weight excluding hydrogens is 348 g/mol. The minimum atomic E-state index is -0.933. The van der Waals surface area contributed by atoms with Crippen LogP contribution in [0.4, 0.5) is 0 Å². The van der Waals surface area contributed by atoms with Crippen LogP contribution in [-0.4, -0.2) is 21.6 Å². The summed E-state index contributed by atoms with van der Waals surface area (Å²) in [6, 6.07) is 5.84. The Morgan fingerprint density at radius 2 is 2.08 bits per heavy atom. The first-order chi connectivity index (χ1) is 11.5. The molecule has 1 aliphatic rings. The molecule has 1 aliphatic carbocycles. The molecule has 1 N–H and O–H groups in total. The lowest BCUT2D eigenvalue weighted by Crippen LogP contribution is -2.28. The summed E-state index contributed by atoms with van der Waals surface area (Å²) in [6.45, 7) is 1.62. The van der Waals surface area contributed by atoms with Gasteiger partial charge in [0.1, 0.15) is 6.04 Å². The first-order valence-corrected chi connectivity index (χ1v) is 8.97. The smallest absolute Gasteiger partial charge is 0.326 e. The molecule has 1 unspecified atom stereocenters. The second-order valence-corrected chi connectivity index (χ2v) is 7.27. The van der Waals surface area contributed by atoms with Crippen LogP contribution in [0.15, 0.2) is 29.3 Å². The van der Waals surface area contributed by atoms with Crippen molar-refractivity contribution in [3.8, 4) is 0 Å². The largest absolute Gasteiger partial charge is 0.480 e. The summed E-state index contributed by atoms with van der Waals surface area (Å²) in [5.74, 6) is -1.35. The Morgan fingerprint density at radius 1 is 1.33 bits per heavy atom. The van der Waals surface area contributed by atoms with Crippen LogP contribution in [-0.2, 0) is 17.6 Å². The van der Waals surface area contributed by atoms with E-state index in [1.54, 1.807) is 35.8 Å². The van der Waals surface area contributed by atoms with E-state index >= 15 is 0 Å². The quantitative estimate of drug-likeness (QED) is 0.906. The van der Waals surface area contributed by atoms with Gasteiger partial charge in [-0.2, -0.15) is 4.99 Å². The SMILES string of the molecule is CC(C(=O)O)n1c2c(s/c1=N\C(=O)c1cccc(Cl)c1)CCCC2. The number of halogens is 1. The van der Waals surface area contributed by atoms with Crippen LogP contribution in [0.3, 0.4) is 0 Å². The van der Waals surface area contributed by atoms with Gasteiger partial charge in [-0.25, -0.2) is 4.79 Å². The van der Waals surface area contributed by atoms with Crippen LogP contribution in [0.2, 0.25) is 5.02 Å². The maximum atomic E-state index is 12.4. The van der Waals surface area contributed by atoms with Gasteiger partial charge in [0, 0.05) is 21.2 Å². The number of hydrogen-bond acceptors (Lipinski definition) is 3. The summed E-state index contributed by atoms with van der Waals surface area (Å²) in [5.41, 5.74) is 1.39. The van der Waals surface area contributed by atoms with Crippen LogP contribution >= 0.6 is 22.9 Å². The fourth-order valence-corrected chi connectivity index (χ4v) is 4.33. The Morgan fingerprint density at radius 3 is 2.79 bits per heavy atom. The van der Waals surface area contributed by atoms with Crippen LogP contribution in [0, 0.1) is 0 Å². The molecular formula is C17H17ClN2O3S. The monoisotopic (exact) mass is 364 g/mol. The van der Waals surface area contributed by atoms with E-state index in [-0.39, 0.29) is 0 Å². The van der Waals surface area contributed by atoms with Crippen LogP contribution in [0.5, 0.6) is 0 Å². The standard InChI is InChI=1S/C17H17ClN2O3S/c1-10(16(22)23)20-13-7-2-3-8-14(13)24-17(20)19-15(21)11-5-4-6-12(18)9-11/h4-6,9-10H,2-3,7-8H2,1H3,(H,22,23)/b19-17-. The summed E-state index contributed by atoms with van der Waals surface area (Å²) in [7, 11) is 0. The summed E-state index contributed by atoms with van der Waals surface area (Å²) in [5, 5.41) is 9.87. The van der Waals surface area contributed by atoms with E-state index < -0.39 is 17.9 Å². The van der Waals surface area contributed by atoms with Gasteiger partial charge in [0.2, 0.25) is 0 Å². The highest BCUT2D eigenvalue weighted by Crippen LogP contribution is 2.26. The number of hydrogen-bond donors (Lipinski definition) is 1. The number of nitrogens with zero attached hydrogens (tertiary/aromatic N) is 2. The molecule has 0 saturated carbocycles. The van der Waals surface area contributed by atoms with Gasteiger partial charge in [-0.05, 0) is 50.8 Å². The number of carboxylic acid groups (broad SMARTS) is 1. The molecule has 1 heterocycles. The number of aryl methyl sites for hydroxylation is 1. The lowest BCUT2D eigenvalue weighted by atomic mass is 10.0. The van der Waals surface area contributed by atoms with Crippen molar-refractivity contribution >= 4 is 34.8 Å². The molecule has 7 heteroatoms. The highest BCUT2D eigenvalue weighted by molar-refractivity contribution is 7.09. The first-order valence-electron chi connectivity index (χ1n) is 7.78. The molecule has 126 valence electrons. The number of fused-ring (bicyclic) bond motifs is 1. The second-order valence-electron chi connectivity index (χ2n) is 5.77. The van der Waals surface area contributed by atoms with Gasteiger partial charge in [-0.15, -0.1) is 11.3 Å². The molecule has 1 amide bonds. The van der Waals surface area contributed by atoms with Gasteiger partial charge in [0.25, 0.3) is 5.91 Å². The van der Waals surface area contributed by atoms with Gasteiger partial charge in [0.05, 0.1) is 0 Å². The Hall–Kier alpha value is -1.92. The number of amides is 1. The lowest BCUT2D eigenvalue weighted by molar-refractivity contribution is -0.140. The summed E-state index contributed by atoms with van der Waals surface area (Å²) in [6.07, 6.45) is 3.84. The highest BCUT2D eigenvalue weighted by atomic mass is 35.5. The molecule has 0 saturated heterocycles. The molecule has 1 aromatic carbocycles. The van der Waals surface area contributed by atoms with Crippen LogP contribution in [0.1, 0.15) is 46.7 Å². The number of rotatable bonds is 3. The van der Waals surface area contributed by atoms with Crippen molar-refractivity contribution in [2.45, 2.75) is 38.6 Å². The van der Waals surface area contributed by atoms with Gasteiger partial charge < -0.3 is 9.67 Å². The molecule has 1 aromatic heterocycles. The predicted molar refractivity (Wildman–Crippen MR) is 92.6 cm³/mol. The number of aromatic nitrogens is 1. The number of carbonyl (C=O) groups is 2. The molecule has 0 radical (unpaired) electrons. The van der Waals surface area contributed by atoms with E-state index in [0.717, 1.165) is 36.3 Å². The Kier molecular flexibility index (Phi) is 4.87. The maximum absolute atomic E-state index is 12.4. The van der Waals surface area contributed by atoms with Crippen LogP contribution < -0.4 is 4.80 Å². The van der Waals surface area contributed by atoms with E-state index in [1.807, 2.05) is 0 Å². The number of thiazole rings is 1. The highest BCUT2D eigenvalue weighted by Gasteiger charge is 2.24. The van der Waals surface area contributed by atoms with Gasteiger partial charge in [0.15, 0.2) is 4.80 Å².